The van der Waals surface area contributed by atoms with E-state index in [4.69, 9.17) is 9.47 Å². The second kappa shape index (κ2) is 8.64. The third-order valence-corrected chi connectivity index (χ3v) is 5.40. The Morgan fingerprint density at radius 1 is 1.04 bits per heavy atom. The van der Waals surface area contributed by atoms with Crippen LogP contribution < -0.4 is 14.8 Å². The minimum absolute atomic E-state index is 0.0220. The van der Waals surface area contributed by atoms with Crippen molar-refractivity contribution >= 4 is 17.6 Å². The number of likely N-dealkylation sites (tertiary alicyclic amines) is 1. The van der Waals surface area contributed by atoms with Crippen LogP contribution in [-0.2, 0) is 4.79 Å². The van der Waals surface area contributed by atoms with Crippen molar-refractivity contribution in [2.24, 2.45) is 0 Å². The molecule has 154 valence electrons. The van der Waals surface area contributed by atoms with E-state index in [-0.39, 0.29) is 23.4 Å². The number of ether oxygens (including phenoxy) is 2. The molecular weight excluding hydrogens is 367 g/mol. The molecule has 2 fully saturated rings. The summed E-state index contributed by atoms with van der Waals surface area (Å²) >= 11 is 0. The van der Waals surface area contributed by atoms with Crippen LogP contribution in [0.4, 0.5) is 14.9 Å². The van der Waals surface area contributed by atoms with E-state index < -0.39 is 11.8 Å². The molecule has 28 heavy (non-hydrogen) atoms. The van der Waals surface area contributed by atoms with Gasteiger partial charge in [-0.25, -0.2) is 9.18 Å². The van der Waals surface area contributed by atoms with Crippen molar-refractivity contribution in [1.29, 1.82) is 0 Å². The molecule has 0 radical (unpaired) electrons. The third-order valence-electron chi connectivity index (χ3n) is 5.40. The van der Waals surface area contributed by atoms with Crippen LogP contribution in [0.25, 0.3) is 0 Å². The number of likely N-dealkylation sites (N-methyl/N-ethyl adjacent to an activating group) is 1. The van der Waals surface area contributed by atoms with Crippen LogP contribution in [-0.4, -0.2) is 86.7 Å². The van der Waals surface area contributed by atoms with Crippen molar-refractivity contribution < 1.29 is 23.5 Å². The normalized spacial score (nSPS) is 20.2. The average Bonchev–Trinajstić information content (AvgIpc) is 3.14. The van der Waals surface area contributed by atoms with Crippen LogP contribution in [0.15, 0.2) is 12.1 Å². The number of carbonyl (C=O) groups excluding carboxylic acids is 2. The summed E-state index contributed by atoms with van der Waals surface area (Å²) < 4.78 is 24.4. The van der Waals surface area contributed by atoms with E-state index in [1.54, 1.807) is 4.90 Å². The molecule has 0 aliphatic carbocycles. The van der Waals surface area contributed by atoms with E-state index >= 15 is 0 Å². The summed E-state index contributed by atoms with van der Waals surface area (Å²) in [6.07, 6.45) is 1.92. The fraction of sp³-hybridized carbons (Fsp3) is 0.579. The molecule has 2 saturated heterocycles. The largest absolute Gasteiger partial charge is 0.493 e. The van der Waals surface area contributed by atoms with Crippen LogP contribution in [0, 0.1) is 5.82 Å². The Morgan fingerprint density at radius 3 is 2.21 bits per heavy atom. The molecule has 2 aliphatic heterocycles. The van der Waals surface area contributed by atoms with Crippen LogP contribution in [0.5, 0.6) is 11.5 Å². The minimum Gasteiger partial charge on any atom is -0.493 e. The molecule has 1 atom stereocenters. The summed E-state index contributed by atoms with van der Waals surface area (Å²) in [6, 6.07) is 2.10. The van der Waals surface area contributed by atoms with Gasteiger partial charge in [0.1, 0.15) is 0 Å². The summed E-state index contributed by atoms with van der Waals surface area (Å²) in [5.41, 5.74) is 0.0220. The minimum atomic E-state index is -0.607. The summed E-state index contributed by atoms with van der Waals surface area (Å²) in [7, 11) is 4.83. The first-order chi connectivity index (χ1) is 13.4. The fourth-order valence-corrected chi connectivity index (χ4v) is 3.71. The van der Waals surface area contributed by atoms with Gasteiger partial charge in [-0.05, 0) is 26.4 Å². The third kappa shape index (κ3) is 4.14. The first-order valence-corrected chi connectivity index (χ1v) is 9.41. The summed E-state index contributed by atoms with van der Waals surface area (Å²) in [5, 5.41) is 2.58. The van der Waals surface area contributed by atoms with Gasteiger partial charge in [0.25, 0.3) is 0 Å². The molecule has 1 N–H and O–H groups in total. The topological polar surface area (TPSA) is 74.4 Å². The average molecular weight is 394 g/mol. The smallest absolute Gasteiger partial charge is 0.322 e. The lowest BCUT2D eigenvalue weighted by molar-refractivity contribution is -0.136. The number of piperazine rings is 1. The Morgan fingerprint density at radius 2 is 1.64 bits per heavy atom. The van der Waals surface area contributed by atoms with E-state index in [1.165, 1.54) is 26.4 Å². The quantitative estimate of drug-likeness (QED) is 0.840. The Bertz CT molecular complexity index is 737. The van der Waals surface area contributed by atoms with Crippen molar-refractivity contribution in [3.63, 3.8) is 0 Å². The number of nitrogens with one attached hydrogen (secondary N) is 1. The lowest BCUT2D eigenvalue weighted by Gasteiger charge is -2.36. The van der Waals surface area contributed by atoms with Gasteiger partial charge in [-0.15, -0.1) is 0 Å². The Balaban J connectivity index is 1.58. The first kappa shape index (κ1) is 20.2. The van der Waals surface area contributed by atoms with Crippen molar-refractivity contribution in [2.45, 2.75) is 18.9 Å². The van der Waals surface area contributed by atoms with Gasteiger partial charge in [0.05, 0.1) is 25.9 Å². The number of hydrogen-bond acceptors (Lipinski definition) is 5. The number of benzene rings is 1. The number of amides is 3. The molecule has 1 unspecified atom stereocenters. The zero-order chi connectivity index (χ0) is 20.3. The molecule has 1 aromatic carbocycles. The number of halogens is 1. The monoisotopic (exact) mass is 394 g/mol. The number of nitrogens with zero attached hydrogens (tertiary/aromatic N) is 3. The van der Waals surface area contributed by atoms with Crippen molar-refractivity contribution in [3.8, 4) is 11.5 Å². The SMILES string of the molecule is COc1cc(F)c(NC(=O)N2CCN(C(=O)C3CCCN3C)CC2)cc1OC. The van der Waals surface area contributed by atoms with Gasteiger partial charge >= 0.3 is 6.03 Å². The maximum atomic E-state index is 14.2. The van der Waals surface area contributed by atoms with Gasteiger partial charge in [-0.3, -0.25) is 9.69 Å². The van der Waals surface area contributed by atoms with E-state index in [9.17, 15) is 14.0 Å². The van der Waals surface area contributed by atoms with Crippen molar-refractivity contribution in [2.75, 3.05) is 59.3 Å². The van der Waals surface area contributed by atoms with E-state index in [1.807, 2.05) is 11.9 Å². The second-order valence-electron chi connectivity index (χ2n) is 7.07. The number of hydrogen-bond donors (Lipinski definition) is 1. The standard InChI is InChI=1S/C19H27FN4O4/c1-22-6-4-5-15(22)18(25)23-7-9-24(10-8-23)19(26)21-14-12-17(28-3)16(27-2)11-13(14)20/h11-12,15H,4-10H2,1-3H3,(H,21,26). The van der Waals surface area contributed by atoms with Gasteiger partial charge in [0, 0.05) is 38.3 Å². The van der Waals surface area contributed by atoms with Gasteiger partial charge in [0.2, 0.25) is 5.91 Å². The lowest BCUT2D eigenvalue weighted by Crippen LogP contribution is -2.55. The number of urea groups is 1. The first-order valence-electron chi connectivity index (χ1n) is 9.41. The molecular formula is C19H27FN4O4. The molecule has 2 heterocycles. The van der Waals surface area contributed by atoms with Crippen molar-refractivity contribution in [3.05, 3.63) is 17.9 Å². The van der Waals surface area contributed by atoms with Crippen LogP contribution in [0.1, 0.15) is 12.8 Å². The summed E-state index contributed by atoms with van der Waals surface area (Å²) in [4.78, 5) is 30.6. The highest BCUT2D eigenvalue weighted by molar-refractivity contribution is 5.90. The van der Waals surface area contributed by atoms with E-state index in [0.717, 1.165) is 19.4 Å². The molecule has 0 bridgehead atoms. The number of rotatable bonds is 4. The fourth-order valence-electron chi connectivity index (χ4n) is 3.71. The van der Waals surface area contributed by atoms with Gasteiger partial charge < -0.3 is 24.6 Å². The zero-order valence-electron chi connectivity index (χ0n) is 16.5. The van der Waals surface area contributed by atoms with Crippen LogP contribution in [0.2, 0.25) is 0 Å². The zero-order valence-corrected chi connectivity index (χ0v) is 16.5. The van der Waals surface area contributed by atoms with Crippen LogP contribution in [0.3, 0.4) is 0 Å². The number of methoxy groups -OCH3 is 2. The summed E-state index contributed by atoms with van der Waals surface area (Å²) in [6.45, 7) is 2.71. The highest BCUT2D eigenvalue weighted by Crippen LogP contribution is 2.32. The van der Waals surface area contributed by atoms with Crippen LogP contribution >= 0.6 is 0 Å². The predicted octanol–water partition coefficient (Wildman–Crippen LogP) is 1.61. The molecule has 2 aliphatic rings. The molecule has 3 rings (SSSR count). The van der Waals surface area contributed by atoms with Gasteiger partial charge in [-0.1, -0.05) is 0 Å². The molecule has 1 aromatic rings. The Labute approximate surface area is 164 Å². The van der Waals surface area contributed by atoms with E-state index in [0.29, 0.717) is 31.9 Å². The Kier molecular flexibility index (Phi) is 6.23. The maximum Gasteiger partial charge on any atom is 0.322 e. The highest BCUT2D eigenvalue weighted by atomic mass is 19.1. The molecule has 8 nitrogen and oxygen atoms in total. The Hall–Kier alpha value is -2.55. The van der Waals surface area contributed by atoms with E-state index in [2.05, 4.69) is 10.2 Å². The molecule has 0 aromatic heterocycles. The second-order valence-corrected chi connectivity index (χ2v) is 7.07. The molecule has 3 amide bonds. The van der Waals surface area contributed by atoms with Crippen molar-refractivity contribution in [1.82, 2.24) is 14.7 Å². The molecule has 0 saturated carbocycles. The molecule has 9 heteroatoms. The number of anilines is 1. The maximum absolute atomic E-state index is 14.2. The lowest BCUT2D eigenvalue weighted by atomic mass is 10.1. The number of carbonyl (C=O) groups is 2. The van der Waals surface area contributed by atoms with Gasteiger partial charge in [0.15, 0.2) is 17.3 Å². The highest BCUT2D eigenvalue weighted by Gasteiger charge is 2.33. The molecule has 0 spiro atoms. The van der Waals surface area contributed by atoms with Gasteiger partial charge in [-0.2, -0.15) is 0 Å². The summed E-state index contributed by atoms with van der Waals surface area (Å²) in [5.74, 6) is 0.104. The predicted molar refractivity (Wildman–Crippen MR) is 102 cm³/mol.